The van der Waals surface area contributed by atoms with Crippen molar-refractivity contribution in [2.45, 2.75) is 37.8 Å². The number of ether oxygens (including phenoxy) is 1. The number of carbonyl (C=O) groups excluding carboxylic acids is 2. The molecule has 0 unspecified atom stereocenters. The number of alkyl carbamates (subject to hydrolysis) is 1. The van der Waals surface area contributed by atoms with Gasteiger partial charge in [-0.15, -0.1) is 0 Å². The Balaban J connectivity index is 1.54. The molecule has 1 aliphatic carbocycles. The lowest BCUT2D eigenvalue weighted by Gasteiger charge is -2.19. The third-order valence-corrected chi connectivity index (χ3v) is 5.36. The van der Waals surface area contributed by atoms with Gasteiger partial charge in [0.05, 0.1) is 0 Å². The fraction of sp³-hybridized carbons (Fsp3) is 0.348. The minimum atomic E-state index is -1.55. The molecule has 164 valence electrons. The molecule has 0 aromatic heterocycles. The fourth-order valence-corrected chi connectivity index (χ4v) is 3.71. The van der Waals surface area contributed by atoms with Crippen molar-refractivity contribution in [3.63, 3.8) is 0 Å². The molecule has 2 aromatic rings. The van der Waals surface area contributed by atoms with Gasteiger partial charge in [0, 0.05) is 18.9 Å². The highest BCUT2D eigenvalue weighted by atomic mass is 16.5. The number of amides is 2. The topological polar surface area (TPSA) is 125 Å². The molecule has 0 aliphatic heterocycles. The lowest BCUT2D eigenvalue weighted by Crippen LogP contribution is -2.47. The number of nitrogens with one attached hydrogen (secondary N) is 2. The quantitative estimate of drug-likeness (QED) is 0.487. The van der Waals surface area contributed by atoms with Gasteiger partial charge in [0.2, 0.25) is 5.91 Å². The van der Waals surface area contributed by atoms with Crippen LogP contribution in [0.2, 0.25) is 0 Å². The van der Waals surface area contributed by atoms with Crippen molar-refractivity contribution in [1.82, 2.24) is 10.6 Å². The Morgan fingerprint density at radius 3 is 2.16 bits per heavy atom. The van der Waals surface area contributed by atoms with E-state index in [2.05, 4.69) is 10.6 Å². The zero-order valence-electron chi connectivity index (χ0n) is 17.2. The number of rotatable bonds is 9. The molecule has 0 spiro atoms. The Morgan fingerprint density at radius 1 is 1.03 bits per heavy atom. The highest BCUT2D eigenvalue weighted by Crippen LogP contribution is 2.44. The highest BCUT2D eigenvalue weighted by molar-refractivity contribution is 5.85. The molecule has 0 heterocycles. The SMILES string of the molecule is CC[C@@H](NC(=O)OCC1c2ccccc2-c2ccccc21)C(=O)NCC[C@H](O)C(=O)O. The summed E-state index contributed by atoms with van der Waals surface area (Å²) >= 11 is 0. The van der Waals surface area contributed by atoms with E-state index in [-0.39, 0.29) is 25.5 Å². The van der Waals surface area contributed by atoms with Gasteiger partial charge >= 0.3 is 12.1 Å². The van der Waals surface area contributed by atoms with E-state index in [9.17, 15) is 19.5 Å². The third kappa shape index (κ3) is 5.21. The van der Waals surface area contributed by atoms with Crippen LogP contribution in [-0.2, 0) is 14.3 Å². The molecule has 3 rings (SSSR count). The number of aliphatic carboxylic acids is 1. The van der Waals surface area contributed by atoms with E-state index in [4.69, 9.17) is 9.84 Å². The monoisotopic (exact) mass is 426 g/mol. The first-order chi connectivity index (χ1) is 14.9. The molecule has 8 nitrogen and oxygen atoms in total. The fourth-order valence-electron chi connectivity index (χ4n) is 3.71. The molecule has 0 bridgehead atoms. The van der Waals surface area contributed by atoms with Gasteiger partial charge in [-0.2, -0.15) is 0 Å². The molecule has 8 heteroatoms. The molecule has 31 heavy (non-hydrogen) atoms. The van der Waals surface area contributed by atoms with Gasteiger partial charge in [-0.05, 0) is 28.7 Å². The second kappa shape index (κ2) is 10.1. The number of carboxylic acid groups (broad SMARTS) is 1. The van der Waals surface area contributed by atoms with Crippen molar-refractivity contribution in [3.05, 3.63) is 59.7 Å². The van der Waals surface area contributed by atoms with E-state index in [1.54, 1.807) is 6.92 Å². The van der Waals surface area contributed by atoms with Crippen molar-refractivity contribution < 1.29 is 29.3 Å². The second-order valence-corrected chi connectivity index (χ2v) is 7.36. The van der Waals surface area contributed by atoms with Gasteiger partial charge in [-0.25, -0.2) is 9.59 Å². The van der Waals surface area contributed by atoms with E-state index in [1.165, 1.54) is 0 Å². The highest BCUT2D eigenvalue weighted by Gasteiger charge is 2.29. The van der Waals surface area contributed by atoms with Crippen LogP contribution in [0.15, 0.2) is 48.5 Å². The van der Waals surface area contributed by atoms with Crippen LogP contribution in [-0.4, -0.2) is 53.5 Å². The van der Waals surface area contributed by atoms with E-state index in [1.807, 2.05) is 48.5 Å². The van der Waals surface area contributed by atoms with E-state index >= 15 is 0 Å². The minimum Gasteiger partial charge on any atom is -0.479 e. The van der Waals surface area contributed by atoms with Crippen molar-refractivity contribution in [3.8, 4) is 11.1 Å². The van der Waals surface area contributed by atoms with Crippen LogP contribution in [0.1, 0.15) is 36.8 Å². The molecule has 2 atom stereocenters. The number of aliphatic hydroxyl groups is 1. The van der Waals surface area contributed by atoms with Crippen molar-refractivity contribution in [2.24, 2.45) is 0 Å². The third-order valence-electron chi connectivity index (χ3n) is 5.36. The summed E-state index contributed by atoms with van der Waals surface area (Å²) in [6.45, 7) is 1.86. The zero-order chi connectivity index (χ0) is 22.4. The maximum Gasteiger partial charge on any atom is 0.407 e. The van der Waals surface area contributed by atoms with E-state index < -0.39 is 30.1 Å². The van der Waals surface area contributed by atoms with Gasteiger partial charge < -0.3 is 25.6 Å². The molecular formula is C23H26N2O6. The minimum absolute atomic E-state index is 0.0187. The van der Waals surface area contributed by atoms with Crippen molar-refractivity contribution >= 4 is 18.0 Å². The first-order valence-electron chi connectivity index (χ1n) is 10.2. The standard InChI is InChI=1S/C23H26N2O6/c1-2-19(21(27)24-12-11-20(26)22(28)29)25-23(30)31-13-18-16-9-5-3-7-14(16)15-8-4-6-10-17(15)18/h3-10,18-20,26H,2,11-13H2,1H3,(H,24,27)(H,25,30)(H,28,29)/t19-,20+/m1/s1. The average Bonchev–Trinajstić information content (AvgIpc) is 3.09. The summed E-state index contributed by atoms with van der Waals surface area (Å²) in [5.74, 6) is -1.89. The van der Waals surface area contributed by atoms with Gasteiger partial charge in [0.1, 0.15) is 12.6 Å². The molecular weight excluding hydrogens is 400 g/mol. The summed E-state index contributed by atoms with van der Waals surface area (Å²) in [5, 5.41) is 23.0. The Kier molecular flexibility index (Phi) is 7.25. The lowest BCUT2D eigenvalue weighted by atomic mass is 9.98. The van der Waals surface area contributed by atoms with Gasteiger partial charge in [0.25, 0.3) is 0 Å². The summed E-state index contributed by atoms with van der Waals surface area (Å²) in [6, 6.07) is 15.2. The zero-order valence-corrected chi connectivity index (χ0v) is 17.2. The Labute approximate surface area is 180 Å². The van der Waals surface area contributed by atoms with Crippen LogP contribution in [0, 0.1) is 0 Å². The Bertz CT molecular complexity index is 915. The summed E-state index contributed by atoms with van der Waals surface area (Å²) in [7, 11) is 0. The molecule has 0 saturated carbocycles. The summed E-state index contributed by atoms with van der Waals surface area (Å²) in [5.41, 5.74) is 4.44. The van der Waals surface area contributed by atoms with Crippen molar-refractivity contribution in [1.29, 1.82) is 0 Å². The normalized spacial score (nSPS) is 14.1. The van der Waals surface area contributed by atoms with Gasteiger partial charge in [-0.3, -0.25) is 4.79 Å². The van der Waals surface area contributed by atoms with Crippen LogP contribution < -0.4 is 10.6 Å². The van der Waals surface area contributed by atoms with Crippen LogP contribution in [0.3, 0.4) is 0 Å². The number of aliphatic hydroxyl groups excluding tert-OH is 1. The predicted octanol–water partition coefficient (Wildman–Crippen LogP) is 2.26. The lowest BCUT2D eigenvalue weighted by molar-refractivity contribution is -0.147. The Morgan fingerprint density at radius 2 is 1.61 bits per heavy atom. The largest absolute Gasteiger partial charge is 0.479 e. The molecule has 0 saturated heterocycles. The van der Waals surface area contributed by atoms with Gasteiger partial charge in [0.15, 0.2) is 6.10 Å². The summed E-state index contributed by atoms with van der Waals surface area (Å²) < 4.78 is 5.45. The molecule has 2 amide bonds. The molecule has 0 radical (unpaired) electrons. The van der Waals surface area contributed by atoms with E-state index in [0.29, 0.717) is 6.42 Å². The van der Waals surface area contributed by atoms with Crippen LogP contribution in [0.4, 0.5) is 4.79 Å². The number of carboxylic acids is 1. The number of carbonyl (C=O) groups is 3. The maximum absolute atomic E-state index is 12.3. The van der Waals surface area contributed by atoms with Gasteiger partial charge in [-0.1, -0.05) is 55.5 Å². The number of hydrogen-bond acceptors (Lipinski definition) is 5. The average molecular weight is 426 g/mol. The molecule has 2 aromatic carbocycles. The summed E-state index contributed by atoms with van der Waals surface area (Å²) in [4.78, 5) is 35.2. The van der Waals surface area contributed by atoms with Crippen molar-refractivity contribution in [2.75, 3.05) is 13.2 Å². The Hall–Kier alpha value is -3.39. The molecule has 1 aliphatic rings. The first-order valence-corrected chi connectivity index (χ1v) is 10.2. The number of fused-ring (bicyclic) bond motifs is 3. The predicted molar refractivity (Wildman–Crippen MR) is 114 cm³/mol. The second-order valence-electron chi connectivity index (χ2n) is 7.36. The van der Waals surface area contributed by atoms with E-state index in [0.717, 1.165) is 22.3 Å². The maximum atomic E-state index is 12.3. The van der Waals surface area contributed by atoms with Crippen LogP contribution in [0.5, 0.6) is 0 Å². The first kappa shape index (κ1) is 22.3. The smallest absolute Gasteiger partial charge is 0.407 e. The van der Waals surface area contributed by atoms with Crippen LogP contribution in [0.25, 0.3) is 11.1 Å². The van der Waals surface area contributed by atoms with Crippen LogP contribution >= 0.6 is 0 Å². The number of hydrogen-bond donors (Lipinski definition) is 4. The number of benzene rings is 2. The molecule has 4 N–H and O–H groups in total. The summed E-state index contributed by atoms with van der Waals surface area (Å²) in [6.07, 6.45) is -2.04. The molecule has 0 fully saturated rings.